The molecular weight excluding hydrogens is 362 g/mol. The largest absolute Gasteiger partial charge is 0.490 e. The number of hydrogen-bond donors (Lipinski definition) is 1. The molecule has 0 aliphatic heterocycles. The number of hydrogen-bond acceptors (Lipinski definition) is 4. The molecule has 0 amide bonds. The van der Waals surface area contributed by atoms with Crippen molar-refractivity contribution >= 4 is 34.3 Å². The molecule has 3 aromatic rings. The van der Waals surface area contributed by atoms with Crippen LogP contribution in [-0.4, -0.2) is 23.2 Å². The summed E-state index contributed by atoms with van der Waals surface area (Å²) in [5.74, 6) is 1.67. The summed E-state index contributed by atoms with van der Waals surface area (Å²) >= 11 is 6.41. The van der Waals surface area contributed by atoms with Crippen molar-refractivity contribution in [1.29, 1.82) is 5.26 Å². The summed E-state index contributed by atoms with van der Waals surface area (Å²) in [5.41, 5.74) is 3.87. The number of aromatic nitrogens is 2. The second-order valence-corrected chi connectivity index (χ2v) is 6.37. The number of ether oxygens (including phenoxy) is 2. The number of benzene rings is 2. The van der Waals surface area contributed by atoms with E-state index in [-0.39, 0.29) is 0 Å². The van der Waals surface area contributed by atoms with Crippen LogP contribution in [-0.2, 0) is 0 Å². The lowest BCUT2D eigenvalue weighted by atomic mass is 10.1. The number of halogens is 1. The van der Waals surface area contributed by atoms with E-state index in [0.717, 1.165) is 16.6 Å². The van der Waals surface area contributed by atoms with Crippen molar-refractivity contribution in [1.82, 2.24) is 9.97 Å². The highest BCUT2D eigenvalue weighted by atomic mass is 35.5. The van der Waals surface area contributed by atoms with Gasteiger partial charge in [-0.1, -0.05) is 17.7 Å². The molecule has 0 radical (unpaired) electrons. The lowest BCUT2D eigenvalue weighted by Crippen LogP contribution is -1.99. The zero-order valence-electron chi connectivity index (χ0n) is 15.5. The van der Waals surface area contributed by atoms with Crippen molar-refractivity contribution in [2.45, 2.75) is 20.8 Å². The molecule has 138 valence electrons. The minimum atomic E-state index is 0.386. The van der Waals surface area contributed by atoms with Crippen molar-refractivity contribution in [3.05, 3.63) is 52.3 Å². The van der Waals surface area contributed by atoms with Gasteiger partial charge >= 0.3 is 0 Å². The quantitative estimate of drug-likeness (QED) is 0.581. The third-order valence-corrected chi connectivity index (χ3v) is 4.30. The fraction of sp³-hybridized carbons (Fsp3) is 0.238. The van der Waals surface area contributed by atoms with E-state index in [0.29, 0.717) is 46.7 Å². The average molecular weight is 382 g/mol. The molecule has 0 aliphatic carbocycles. The number of aromatic amines is 1. The number of nitrogens with zero attached hydrogens (tertiary/aromatic N) is 2. The zero-order valence-corrected chi connectivity index (χ0v) is 16.2. The van der Waals surface area contributed by atoms with Crippen molar-refractivity contribution in [2.75, 3.05) is 13.2 Å². The van der Waals surface area contributed by atoms with Crippen molar-refractivity contribution in [3.63, 3.8) is 0 Å². The maximum absolute atomic E-state index is 9.65. The first-order chi connectivity index (χ1) is 13.0. The molecule has 0 saturated heterocycles. The molecule has 0 aliphatic rings. The van der Waals surface area contributed by atoms with Gasteiger partial charge in [0.15, 0.2) is 11.5 Å². The van der Waals surface area contributed by atoms with Crippen LogP contribution in [0.2, 0.25) is 5.02 Å². The normalized spacial score (nSPS) is 11.4. The van der Waals surface area contributed by atoms with E-state index in [9.17, 15) is 5.26 Å². The van der Waals surface area contributed by atoms with Crippen LogP contribution in [0, 0.1) is 18.3 Å². The van der Waals surface area contributed by atoms with Crippen LogP contribution in [0.5, 0.6) is 11.5 Å². The van der Waals surface area contributed by atoms with Gasteiger partial charge in [-0.2, -0.15) is 5.26 Å². The Hall–Kier alpha value is -2.97. The molecule has 1 N–H and O–H groups in total. The van der Waals surface area contributed by atoms with Crippen LogP contribution in [0.15, 0.2) is 30.3 Å². The van der Waals surface area contributed by atoms with Gasteiger partial charge in [0, 0.05) is 6.07 Å². The summed E-state index contributed by atoms with van der Waals surface area (Å²) < 4.78 is 11.2. The summed E-state index contributed by atoms with van der Waals surface area (Å²) in [6.07, 6.45) is 1.70. The molecule has 2 aromatic carbocycles. The Morgan fingerprint density at radius 1 is 1.19 bits per heavy atom. The predicted molar refractivity (Wildman–Crippen MR) is 108 cm³/mol. The fourth-order valence-electron chi connectivity index (χ4n) is 2.76. The van der Waals surface area contributed by atoms with Gasteiger partial charge in [-0.15, -0.1) is 0 Å². The molecule has 0 fully saturated rings. The Bertz CT molecular complexity index is 1050. The predicted octanol–water partition coefficient (Wildman–Crippen LogP) is 5.39. The number of nitrogens with one attached hydrogen (secondary N) is 1. The van der Waals surface area contributed by atoms with Gasteiger partial charge in [0.1, 0.15) is 11.9 Å². The van der Waals surface area contributed by atoms with E-state index < -0.39 is 0 Å². The summed E-state index contributed by atoms with van der Waals surface area (Å²) in [5, 5.41) is 10.1. The smallest absolute Gasteiger partial charge is 0.162 e. The number of allylic oxidation sites excluding steroid dienone is 1. The van der Waals surface area contributed by atoms with Crippen LogP contribution < -0.4 is 9.47 Å². The highest BCUT2D eigenvalue weighted by Gasteiger charge is 2.13. The molecule has 1 aromatic heterocycles. The topological polar surface area (TPSA) is 70.9 Å². The highest BCUT2D eigenvalue weighted by molar-refractivity contribution is 6.32. The Morgan fingerprint density at radius 2 is 1.89 bits per heavy atom. The number of rotatable bonds is 6. The summed E-state index contributed by atoms with van der Waals surface area (Å²) in [7, 11) is 0. The minimum absolute atomic E-state index is 0.386. The maximum Gasteiger partial charge on any atom is 0.162 e. The van der Waals surface area contributed by atoms with E-state index >= 15 is 0 Å². The fourth-order valence-corrected chi connectivity index (χ4v) is 2.97. The first-order valence-corrected chi connectivity index (χ1v) is 9.11. The molecular formula is C21H20ClN3O2. The summed E-state index contributed by atoms with van der Waals surface area (Å²) in [4.78, 5) is 7.71. The van der Waals surface area contributed by atoms with Gasteiger partial charge in [-0.3, -0.25) is 0 Å². The first-order valence-electron chi connectivity index (χ1n) is 8.73. The molecule has 6 heteroatoms. The standard InChI is InChI=1S/C21H20ClN3O2/c1-4-26-19-10-14(16(22)11-20(19)27-5-2)9-15(12-23)21-24-17-7-6-13(3)8-18(17)25-21/h6-11H,4-5H2,1-3H3,(H,24,25)/b15-9-. The lowest BCUT2D eigenvalue weighted by Gasteiger charge is -2.12. The van der Waals surface area contributed by atoms with Gasteiger partial charge in [0.25, 0.3) is 0 Å². The van der Waals surface area contributed by atoms with E-state index in [1.807, 2.05) is 39.0 Å². The van der Waals surface area contributed by atoms with E-state index in [1.54, 1.807) is 18.2 Å². The zero-order chi connectivity index (χ0) is 19.4. The molecule has 5 nitrogen and oxygen atoms in total. The Labute approximate surface area is 163 Å². The summed E-state index contributed by atoms with van der Waals surface area (Å²) in [6, 6.07) is 11.6. The monoisotopic (exact) mass is 381 g/mol. The molecule has 0 bridgehead atoms. The Balaban J connectivity index is 2.06. The molecule has 0 atom stereocenters. The lowest BCUT2D eigenvalue weighted by molar-refractivity contribution is 0.288. The number of H-pyrrole nitrogens is 1. The first kappa shape index (κ1) is 18.8. The third-order valence-electron chi connectivity index (χ3n) is 3.98. The average Bonchev–Trinajstić information content (AvgIpc) is 3.06. The van der Waals surface area contributed by atoms with Gasteiger partial charge < -0.3 is 14.5 Å². The van der Waals surface area contributed by atoms with Crippen molar-refractivity contribution in [2.24, 2.45) is 0 Å². The number of aryl methyl sites for hydroxylation is 1. The SMILES string of the molecule is CCOc1cc(Cl)c(/C=C(/C#N)c2nc3ccc(C)cc3[nH]2)cc1OCC. The van der Waals surface area contributed by atoms with Gasteiger partial charge in [0.05, 0.1) is 34.8 Å². The van der Waals surface area contributed by atoms with E-state index in [4.69, 9.17) is 21.1 Å². The van der Waals surface area contributed by atoms with Crippen LogP contribution in [0.25, 0.3) is 22.7 Å². The third kappa shape index (κ3) is 4.07. The van der Waals surface area contributed by atoms with Crippen molar-refractivity contribution in [3.8, 4) is 17.6 Å². The van der Waals surface area contributed by atoms with Crippen LogP contribution in [0.1, 0.15) is 30.8 Å². The van der Waals surface area contributed by atoms with E-state index in [1.165, 1.54) is 0 Å². The van der Waals surface area contributed by atoms with Crippen LogP contribution in [0.4, 0.5) is 0 Å². The second-order valence-electron chi connectivity index (χ2n) is 5.96. The Kier molecular flexibility index (Phi) is 5.68. The second kappa shape index (κ2) is 8.15. The number of nitriles is 1. The molecule has 0 saturated carbocycles. The number of fused-ring (bicyclic) bond motifs is 1. The number of imidazole rings is 1. The van der Waals surface area contributed by atoms with Gasteiger partial charge in [-0.25, -0.2) is 4.98 Å². The molecule has 0 spiro atoms. The maximum atomic E-state index is 9.65. The summed E-state index contributed by atoms with van der Waals surface area (Å²) in [6.45, 7) is 6.81. The molecule has 3 rings (SSSR count). The molecule has 0 unspecified atom stereocenters. The van der Waals surface area contributed by atoms with Gasteiger partial charge in [0.2, 0.25) is 0 Å². The van der Waals surface area contributed by atoms with Gasteiger partial charge in [-0.05, 0) is 56.2 Å². The Morgan fingerprint density at radius 3 is 2.56 bits per heavy atom. The minimum Gasteiger partial charge on any atom is -0.490 e. The van der Waals surface area contributed by atoms with E-state index in [2.05, 4.69) is 16.0 Å². The highest BCUT2D eigenvalue weighted by Crippen LogP contribution is 2.35. The van der Waals surface area contributed by atoms with Crippen molar-refractivity contribution < 1.29 is 9.47 Å². The van der Waals surface area contributed by atoms with Crippen LogP contribution in [0.3, 0.4) is 0 Å². The molecule has 1 heterocycles. The van der Waals surface area contributed by atoms with Crippen LogP contribution >= 0.6 is 11.6 Å². The molecule has 27 heavy (non-hydrogen) atoms.